The van der Waals surface area contributed by atoms with E-state index in [1.807, 2.05) is 4.08 Å². The van der Waals surface area contributed by atoms with Crippen molar-refractivity contribution >= 4 is 37.5 Å². The summed E-state index contributed by atoms with van der Waals surface area (Å²) in [5.41, 5.74) is 0.0407. The molecule has 0 bridgehead atoms. The third kappa shape index (κ3) is 2.18. The van der Waals surface area contributed by atoms with Crippen LogP contribution < -0.4 is 16.0 Å². The van der Waals surface area contributed by atoms with E-state index in [2.05, 4.69) is 44.6 Å². The topological polar surface area (TPSA) is 32.9 Å². The summed E-state index contributed by atoms with van der Waals surface area (Å²) < 4.78 is 3.64. The van der Waals surface area contributed by atoms with Gasteiger partial charge in [-0.1, -0.05) is 0 Å². The van der Waals surface area contributed by atoms with Gasteiger partial charge in [-0.15, -0.1) is 0 Å². The number of rotatable bonds is 1. The van der Waals surface area contributed by atoms with Crippen molar-refractivity contribution in [2.24, 2.45) is 0 Å². The number of halogens is 1. The van der Waals surface area contributed by atoms with E-state index in [1.165, 1.54) is 6.07 Å². The molecule has 1 N–H and O–H groups in total. The average Bonchev–Trinajstić information content (AvgIpc) is 2.09. The maximum atomic E-state index is 11.3. The molecule has 1 rings (SSSR count). The van der Waals surface area contributed by atoms with Crippen LogP contribution >= 0.6 is 22.6 Å². The van der Waals surface area contributed by atoms with Crippen LogP contribution in [0.15, 0.2) is 17.1 Å². The van der Waals surface area contributed by atoms with E-state index in [1.54, 1.807) is 17.0 Å². The molecular formula is C8H6INOV. The summed E-state index contributed by atoms with van der Waals surface area (Å²) in [7, 11) is 0. The summed E-state index contributed by atoms with van der Waals surface area (Å²) in [6.45, 7) is 0. The summed E-state index contributed by atoms with van der Waals surface area (Å²) in [5.74, 6) is 0. The molecule has 2 nitrogen and oxygen atoms in total. The van der Waals surface area contributed by atoms with Crippen molar-refractivity contribution in [3.05, 3.63) is 33.1 Å². The van der Waals surface area contributed by atoms with E-state index in [0.717, 1.165) is 5.35 Å². The Morgan fingerprint density at radius 1 is 1.58 bits per heavy atom. The van der Waals surface area contributed by atoms with Crippen LogP contribution in [0.4, 0.5) is 0 Å². The molecule has 0 saturated heterocycles. The summed E-state index contributed by atoms with van der Waals surface area (Å²) in [5, 5.41) is 1.55. The van der Waals surface area contributed by atoms with E-state index < -0.39 is 0 Å². The van der Waals surface area contributed by atoms with Crippen LogP contribution in [0.25, 0.3) is 10.2 Å². The first-order valence-electron chi connectivity index (χ1n) is 3.25. The Morgan fingerprint density at radius 2 is 2.33 bits per heavy atom. The quantitative estimate of drug-likeness (QED) is 0.709. The Bertz CT molecular complexity index is 449. The van der Waals surface area contributed by atoms with E-state index in [4.69, 9.17) is 0 Å². The van der Waals surface area contributed by atoms with Crippen LogP contribution in [0.2, 0.25) is 0 Å². The Morgan fingerprint density at radius 3 is 2.92 bits per heavy atom. The van der Waals surface area contributed by atoms with E-state index in [9.17, 15) is 4.79 Å². The summed E-state index contributed by atoms with van der Waals surface area (Å²) in [6.07, 6.45) is 3.43. The molecule has 12 heavy (non-hydrogen) atoms. The first kappa shape index (κ1) is 9.96. The third-order valence-electron chi connectivity index (χ3n) is 1.38. The zero-order chi connectivity index (χ0) is 8.97. The molecule has 0 aliphatic rings. The van der Waals surface area contributed by atoms with Crippen molar-refractivity contribution in [2.75, 3.05) is 0 Å². The standard InChI is InChI=1S/C8H6INO.V/c1-2-6-7(5-9)10-4-3-8(6)11;/h1-5,10H;. The minimum absolute atomic E-state index is 0.0407. The molecule has 0 aliphatic heterocycles. The van der Waals surface area contributed by atoms with Gasteiger partial charge >= 0.3 is 92.5 Å². The third-order valence-corrected chi connectivity index (χ3v) is 2.24. The Kier molecular flexibility index (Phi) is 3.98. The number of pyridine rings is 1. The van der Waals surface area contributed by atoms with Crippen molar-refractivity contribution < 1.29 is 17.0 Å². The van der Waals surface area contributed by atoms with Crippen molar-refractivity contribution in [2.45, 2.75) is 0 Å². The van der Waals surface area contributed by atoms with E-state index in [0.29, 0.717) is 5.22 Å². The first-order valence-corrected chi connectivity index (χ1v) is 5.30. The summed E-state index contributed by atoms with van der Waals surface area (Å²) in [6, 6.07) is 1.52. The number of aromatic nitrogens is 1. The molecule has 1 aromatic rings. The van der Waals surface area contributed by atoms with Crippen LogP contribution in [0, 0.1) is 0 Å². The van der Waals surface area contributed by atoms with Gasteiger partial charge in [0.25, 0.3) is 0 Å². The van der Waals surface area contributed by atoms with Gasteiger partial charge in [-0.2, -0.15) is 0 Å². The number of hydrogen-bond acceptors (Lipinski definition) is 1. The predicted molar refractivity (Wildman–Crippen MR) is 55.3 cm³/mol. The molecule has 0 radical (unpaired) electrons. The SMILES string of the molecule is O=c1cc[nH]c(=CI)c1=C[CH]=[V]. The predicted octanol–water partition coefficient (Wildman–Crippen LogP) is -0.323. The van der Waals surface area contributed by atoms with Gasteiger partial charge in [0.2, 0.25) is 0 Å². The molecule has 0 spiro atoms. The van der Waals surface area contributed by atoms with Crippen LogP contribution in [-0.4, -0.2) is 9.71 Å². The Labute approximate surface area is 92.0 Å². The fourth-order valence-electron chi connectivity index (χ4n) is 0.844. The van der Waals surface area contributed by atoms with Crippen molar-refractivity contribution in [1.82, 2.24) is 4.98 Å². The minimum atomic E-state index is 0.0407. The molecule has 0 fully saturated rings. The van der Waals surface area contributed by atoms with Crippen LogP contribution in [-0.2, 0) is 17.0 Å². The number of nitrogens with one attached hydrogen (secondary N) is 1. The molecule has 4 heteroatoms. The van der Waals surface area contributed by atoms with E-state index in [-0.39, 0.29) is 5.43 Å². The number of hydrogen-bond donors (Lipinski definition) is 1. The molecule has 61 valence electrons. The number of H-pyrrole nitrogens is 1. The van der Waals surface area contributed by atoms with Crippen LogP contribution in [0.5, 0.6) is 0 Å². The van der Waals surface area contributed by atoms with Crippen molar-refractivity contribution in [1.29, 1.82) is 0 Å². The van der Waals surface area contributed by atoms with Gasteiger partial charge in [-0.25, -0.2) is 0 Å². The van der Waals surface area contributed by atoms with Gasteiger partial charge in [-0.3, -0.25) is 0 Å². The normalized spacial score (nSPS) is 13.3. The van der Waals surface area contributed by atoms with E-state index >= 15 is 0 Å². The molecule has 0 amide bonds. The maximum absolute atomic E-state index is 11.3. The molecule has 0 aliphatic carbocycles. The molecule has 0 aromatic carbocycles. The summed E-state index contributed by atoms with van der Waals surface area (Å²) >= 11 is 4.41. The average molecular weight is 310 g/mol. The van der Waals surface area contributed by atoms with Gasteiger partial charge in [0.15, 0.2) is 0 Å². The fourth-order valence-corrected chi connectivity index (χ4v) is 1.59. The molecule has 1 heterocycles. The summed E-state index contributed by atoms with van der Waals surface area (Å²) in [4.78, 5) is 14.3. The molecule has 0 saturated carbocycles. The van der Waals surface area contributed by atoms with Gasteiger partial charge in [0.05, 0.1) is 0 Å². The van der Waals surface area contributed by atoms with Gasteiger partial charge in [-0.05, 0) is 0 Å². The monoisotopic (exact) mass is 310 g/mol. The zero-order valence-corrected chi connectivity index (χ0v) is 9.67. The zero-order valence-electron chi connectivity index (χ0n) is 6.12. The Balaban J connectivity index is 3.76. The second-order valence-corrected chi connectivity index (χ2v) is 3.18. The molecule has 1 aromatic heterocycles. The number of aromatic amines is 1. The second kappa shape index (κ2) is 4.79. The van der Waals surface area contributed by atoms with Crippen LogP contribution in [0.1, 0.15) is 0 Å². The first-order chi connectivity index (χ1) is 5.79. The molecule has 0 atom stereocenters. The van der Waals surface area contributed by atoms with Crippen LogP contribution in [0.3, 0.4) is 0 Å². The van der Waals surface area contributed by atoms with Gasteiger partial charge < -0.3 is 0 Å². The van der Waals surface area contributed by atoms with Gasteiger partial charge in [0, 0.05) is 0 Å². The van der Waals surface area contributed by atoms with Crippen molar-refractivity contribution in [3.63, 3.8) is 0 Å². The molecule has 0 unspecified atom stereocenters. The Hall–Kier alpha value is -0.126. The second-order valence-electron chi connectivity index (χ2n) is 2.09. The fraction of sp³-hybridized carbons (Fsp3) is 0. The molecular weight excluding hydrogens is 304 g/mol. The van der Waals surface area contributed by atoms with Crippen molar-refractivity contribution in [3.8, 4) is 0 Å². The van der Waals surface area contributed by atoms with Gasteiger partial charge in [0.1, 0.15) is 0 Å².